The largest absolute Gasteiger partial charge is 0.323 e. The fourth-order valence-electron chi connectivity index (χ4n) is 4.32. The predicted octanol–water partition coefficient (Wildman–Crippen LogP) is 9.63. The highest BCUT2D eigenvalue weighted by Gasteiger charge is 2.23. The van der Waals surface area contributed by atoms with Gasteiger partial charge in [0.1, 0.15) is 5.82 Å². The number of benzene rings is 3. The Morgan fingerprint density at radius 2 is 1.36 bits per heavy atom. The van der Waals surface area contributed by atoms with Gasteiger partial charge in [0.05, 0.1) is 11.4 Å². The van der Waals surface area contributed by atoms with Gasteiger partial charge in [0.25, 0.3) is 0 Å². The molecule has 1 unspecified atom stereocenters. The molecule has 0 aliphatic heterocycles. The quantitative estimate of drug-likeness (QED) is 0.197. The second-order valence-electron chi connectivity index (χ2n) is 8.54. The molecule has 0 amide bonds. The van der Waals surface area contributed by atoms with Crippen LogP contribution in [-0.4, -0.2) is 9.55 Å². The Bertz CT molecular complexity index is 1160. The van der Waals surface area contributed by atoms with Crippen molar-refractivity contribution in [3.8, 4) is 33.9 Å². The summed E-state index contributed by atoms with van der Waals surface area (Å²) < 4.78 is 4.63. The average Bonchev–Trinajstić information content (AvgIpc) is 3.22. The van der Waals surface area contributed by atoms with Gasteiger partial charge < -0.3 is 4.57 Å². The van der Waals surface area contributed by atoms with Crippen LogP contribution in [0.3, 0.4) is 0 Å². The second kappa shape index (κ2) is 11.3. The van der Waals surface area contributed by atoms with E-state index in [1.165, 1.54) is 36.9 Å². The van der Waals surface area contributed by atoms with Crippen molar-refractivity contribution in [1.29, 1.82) is 0 Å². The Balaban J connectivity index is 1.95. The normalized spacial score (nSPS) is 12.1. The summed E-state index contributed by atoms with van der Waals surface area (Å²) in [6, 6.07) is 27.7. The highest BCUT2D eigenvalue weighted by atomic mass is 79.9. The molecule has 0 N–H and O–H groups in total. The number of rotatable bonds is 9. The first kappa shape index (κ1) is 24.0. The molecule has 4 rings (SSSR count). The molecule has 0 aliphatic rings. The first-order valence-corrected chi connectivity index (χ1v) is 13.4. The summed E-state index contributed by atoms with van der Waals surface area (Å²) in [5.41, 5.74) is 5.71. The third-order valence-corrected chi connectivity index (χ3v) is 7.28. The zero-order chi connectivity index (χ0) is 23.2. The van der Waals surface area contributed by atoms with Crippen molar-refractivity contribution in [2.45, 2.75) is 46.1 Å². The van der Waals surface area contributed by atoms with Gasteiger partial charge in [-0.25, -0.2) is 4.98 Å². The lowest BCUT2D eigenvalue weighted by atomic mass is 9.98. The van der Waals surface area contributed by atoms with E-state index in [1.807, 2.05) is 0 Å². The Labute approximate surface area is 214 Å². The van der Waals surface area contributed by atoms with Crippen molar-refractivity contribution >= 4 is 31.9 Å². The summed E-state index contributed by atoms with van der Waals surface area (Å²) in [5.74, 6) is 1.66. The Hall–Kier alpha value is -2.17. The molecule has 0 saturated heterocycles. The van der Waals surface area contributed by atoms with Crippen LogP contribution in [0.1, 0.15) is 39.5 Å². The highest BCUT2D eigenvalue weighted by molar-refractivity contribution is 9.10. The van der Waals surface area contributed by atoms with Crippen LogP contribution in [0.2, 0.25) is 0 Å². The minimum absolute atomic E-state index is 0.619. The van der Waals surface area contributed by atoms with Crippen LogP contribution in [0, 0.1) is 5.92 Å². The van der Waals surface area contributed by atoms with E-state index >= 15 is 0 Å². The molecule has 4 aromatic rings. The van der Waals surface area contributed by atoms with Gasteiger partial charge in [0, 0.05) is 32.2 Å². The molecule has 2 nitrogen and oxygen atoms in total. The number of hydrogen-bond acceptors (Lipinski definition) is 1. The van der Waals surface area contributed by atoms with E-state index in [2.05, 4.69) is 129 Å². The van der Waals surface area contributed by atoms with E-state index in [-0.39, 0.29) is 0 Å². The highest BCUT2D eigenvalue weighted by Crippen LogP contribution is 2.38. The minimum Gasteiger partial charge on any atom is -0.323 e. The summed E-state index contributed by atoms with van der Waals surface area (Å²) in [7, 11) is 0. The molecule has 1 aromatic heterocycles. The Kier molecular flexibility index (Phi) is 8.21. The molecule has 1 heterocycles. The van der Waals surface area contributed by atoms with E-state index in [1.54, 1.807) is 0 Å². The maximum absolute atomic E-state index is 5.28. The summed E-state index contributed by atoms with van der Waals surface area (Å²) >= 11 is 7.18. The van der Waals surface area contributed by atoms with Gasteiger partial charge in [-0.1, -0.05) is 120 Å². The number of aromatic nitrogens is 2. The smallest absolute Gasteiger partial charge is 0.141 e. The van der Waals surface area contributed by atoms with Crippen LogP contribution in [-0.2, 0) is 6.54 Å². The minimum atomic E-state index is 0.619. The standard InChI is InChI=1S/C29H30Br2N2/c1-3-5-9-21(4-2)20-33-28(23-14-18-26(31)19-15-23)27(22-12-16-25(30)17-13-22)32-29(33)24-10-7-6-8-11-24/h6-8,10-19,21H,3-5,9,20H2,1-2H3. The molecule has 0 radical (unpaired) electrons. The molecule has 0 bridgehead atoms. The third-order valence-electron chi connectivity index (χ3n) is 6.22. The van der Waals surface area contributed by atoms with Crippen LogP contribution in [0.25, 0.3) is 33.9 Å². The summed E-state index contributed by atoms with van der Waals surface area (Å²) in [6.45, 7) is 5.56. The van der Waals surface area contributed by atoms with Crippen molar-refractivity contribution in [3.63, 3.8) is 0 Å². The molecule has 3 aromatic carbocycles. The molecule has 0 saturated carbocycles. The topological polar surface area (TPSA) is 17.8 Å². The first-order valence-electron chi connectivity index (χ1n) is 11.8. The third kappa shape index (κ3) is 5.67. The zero-order valence-electron chi connectivity index (χ0n) is 19.3. The second-order valence-corrected chi connectivity index (χ2v) is 10.4. The van der Waals surface area contributed by atoms with Gasteiger partial charge in [-0.15, -0.1) is 0 Å². The molecule has 33 heavy (non-hydrogen) atoms. The van der Waals surface area contributed by atoms with E-state index in [0.29, 0.717) is 5.92 Å². The molecular weight excluding hydrogens is 536 g/mol. The van der Waals surface area contributed by atoms with Crippen LogP contribution < -0.4 is 0 Å². The van der Waals surface area contributed by atoms with E-state index in [0.717, 1.165) is 38.1 Å². The molecular formula is C29H30Br2N2. The molecule has 0 spiro atoms. The summed E-state index contributed by atoms with van der Waals surface area (Å²) in [6.07, 6.45) is 4.91. The average molecular weight is 566 g/mol. The maximum atomic E-state index is 5.28. The van der Waals surface area contributed by atoms with Crippen molar-refractivity contribution in [3.05, 3.63) is 87.8 Å². The monoisotopic (exact) mass is 564 g/mol. The van der Waals surface area contributed by atoms with Gasteiger partial charge in [-0.05, 0) is 36.6 Å². The number of hydrogen-bond donors (Lipinski definition) is 0. The van der Waals surface area contributed by atoms with Crippen LogP contribution in [0.5, 0.6) is 0 Å². The Morgan fingerprint density at radius 3 is 1.94 bits per heavy atom. The van der Waals surface area contributed by atoms with Crippen molar-refractivity contribution < 1.29 is 0 Å². The first-order chi connectivity index (χ1) is 16.1. The molecule has 4 heteroatoms. The van der Waals surface area contributed by atoms with Gasteiger partial charge in [0.15, 0.2) is 0 Å². The summed E-state index contributed by atoms with van der Waals surface area (Å²) in [5, 5.41) is 0. The van der Waals surface area contributed by atoms with E-state index < -0.39 is 0 Å². The van der Waals surface area contributed by atoms with Crippen molar-refractivity contribution in [2.24, 2.45) is 5.92 Å². The van der Waals surface area contributed by atoms with Crippen LogP contribution in [0.15, 0.2) is 87.8 Å². The van der Waals surface area contributed by atoms with Crippen LogP contribution >= 0.6 is 31.9 Å². The number of halogens is 2. The Morgan fingerprint density at radius 1 is 0.758 bits per heavy atom. The van der Waals surface area contributed by atoms with Gasteiger partial charge >= 0.3 is 0 Å². The maximum Gasteiger partial charge on any atom is 0.141 e. The number of unbranched alkanes of at least 4 members (excludes halogenated alkanes) is 1. The fraction of sp³-hybridized carbons (Fsp3) is 0.276. The molecule has 0 fully saturated rings. The zero-order valence-corrected chi connectivity index (χ0v) is 22.4. The molecule has 1 atom stereocenters. The van der Waals surface area contributed by atoms with Crippen molar-refractivity contribution in [2.75, 3.05) is 0 Å². The SMILES string of the molecule is CCCCC(CC)Cn1c(-c2ccccc2)nc(-c2ccc(Br)cc2)c1-c1ccc(Br)cc1. The number of imidazole rings is 1. The van der Waals surface area contributed by atoms with Crippen molar-refractivity contribution in [1.82, 2.24) is 9.55 Å². The van der Waals surface area contributed by atoms with Gasteiger partial charge in [-0.3, -0.25) is 0 Å². The molecule has 170 valence electrons. The van der Waals surface area contributed by atoms with Gasteiger partial charge in [-0.2, -0.15) is 0 Å². The lowest BCUT2D eigenvalue weighted by Gasteiger charge is -2.20. The van der Waals surface area contributed by atoms with Gasteiger partial charge in [0.2, 0.25) is 0 Å². The predicted molar refractivity (Wildman–Crippen MR) is 147 cm³/mol. The molecule has 0 aliphatic carbocycles. The van der Waals surface area contributed by atoms with E-state index in [4.69, 9.17) is 4.98 Å². The van der Waals surface area contributed by atoms with Crippen LogP contribution in [0.4, 0.5) is 0 Å². The lowest BCUT2D eigenvalue weighted by Crippen LogP contribution is -2.12. The fourth-order valence-corrected chi connectivity index (χ4v) is 4.85. The summed E-state index contributed by atoms with van der Waals surface area (Å²) in [4.78, 5) is 5.28. The lowest BCUT2D eigenvalue weighted by molar-refractivity contribution is 0.394. The van der Waals surface area contributed by atoms with E-state index in [9.17, 15) is 0 Å². The number of nitrogens with zero attached hydrogens (tertiary/aromatic N) is 2.